The van der Waals surface area contributed by atoms with Crippen molar-refractivity contribution in [3.8, 4) is 0 Å². The van der Waals surface area contributed by atoms with E-state index in [1.165, 1.54) is 7.11 Å². The third-order valence-electron chi connectivity index (χ3n) is 3.48. The third kappa shape index (κ3) is 2.29. The van der Waals surface area contributed by atoms with Gasteiger partial charge in [0, 0.05) is 18.2 Å². The number of benzene rings is 1. The topological polar surface area (TPSA) is 54.0 Å². The molecule has 0 aromatic heterocycles. The average Bonchev–Trinajstić information content (AvgIpc) is 2.51. The lowest BCUT2D eigenvalue weighted by atomic mass is 9.97. The second-order valence-electron chi connectivity index (χ2n) is 4.76. The van der Waals surface area contributed by atoms with Crippen LogP contribution < -0.4 is 0 Å². The van der Waals surface area contributed by atoms with Crippen LogP contribution in [0.25, 0.3) is 0 Å². The van der Waals surface area contributed by atoms with Gasteiger partial charge in [0.15, 0.2) is 6.29 Å². The SMILES string of the molecule is C=C1C(=O)[C@@H](OC)O[C@@H]2COC(c3ccccc3)O[C@@H]12. The summed E-state index contributed by atoms with van der Waals surface area (Å²) in [5.41, 5.74) is 1.28. The molecule has 1 aromatic rings. The number of fused-ring (bicyclic) bond motifs is 1. The molecule has 20 heavy (non-hydrogen) atoms. The van der Waals surface area contributed by atoms with Gasteiger partial charge in [-0.15, -0.1) is 0 Å². The van der Waals surface area contributed by atoms with Gasteiger partial charge in [0.1, 0.15) is 12.2 Å². The number of carbonyl (C=O) groups excluding carboxylic acids is 1. The fourth-order valence-corrected chi connectivity index (χ4v) is 2.41. The fraction of sp³-hybridized carbons (Fsp3) is 0.400. The molecule has 106 valence electrons. The molecule has 1 aromatic carbocycles. The highest BCUT2D eigenvalue weighted by Gasteiger charge is 2.45. The van der Waals surface area contributed by atoms with Crippen LogP contribution in [-0.2, 0) is 23.7 Å². The van der Waals surface area contributed by atoms with Crippen LogP contribution in [0, 0.1) is 0 Å². The van der Waals surface area contributed by atoms with Crippen molar-refractivity contribution in [1.29, 1.82) is 0 Å². The van der Waals surface area contributed by atoms with Crippen molar-refractivity contribution in [2.45, 2.75) is 24.8 Å². The van der Waals surface area contributed by atoms with Gasteiger partial charge >= 0.3 is 0 Å². The van der Waals surface area contributed by atoms with E-state index in [4.69, 9.17) is 18.9 Å². The molecule has 0 N–H and O–H groups in total. The maximum atomic E-state index is 12.0. The normalized spacial score (nSPS) is 33.9. The molecular formula is C15H16O5. The van der Waals surface area contributed by atoms with Crippen molar-refractivity contribution in [2.24, 2.45) is 0 Å². The van der Waals surface area contributed by atoms with Crippen LogP contribution in [0.4, 0.5) is 0 Å². The lowest BCUT2D eigenvalue weighted by Crippen LogP contribution is -2.53. The molecule has 4 atom stereocenters. The van der Waals surface area contributed by atoms with E-state index in [-0.39, 0.29) is 11.9 Å². The number of Topliss-reactive ketones (excluding diaryl/α,β-unsaturated/α-hetero) is 1. The molecule has 0 spiro atoms. The van der Waals surface area contributed by atoms with Crippen molar-refractivity contribution < 1.29 is 23.7 Å². The highest BCUT2D eigenvalue weighted by atomic mass is 16.7. The minimum atomic E-state index is -0.913. The zero-order valence-electron chi connectivity index (χ0n) is 11.2. The molecule has 0 bridgehead atoms. The van der Waals surface area contributed by atoms with Crippen molar-refractivity contribution in [2.75, 3.05) is 13.7 Å². The lowest BCUT2D eigenvalue weighted by molar-refractivity contribution is -0.288. The summed E-state index contributed by atoms with van der Waals surface area (Å²) in [5.74, 6) is -0.275. The molecule has 0 amide bonds. The monoisotopic (exact) mass is 276 g/mol. The van der Waals surface area contributed by atoms with Gasteiger partial charge in [-0.1, -0.05) is 36.9 Å². The maximum absolute atomic E-state index is 12.0. The van der Waals surface area contributed by atoms with Crippen molar-refractivity contribution in [3.05, 3.63) is 48.0 Å². The van der Waals surface area contributed by atoms with E-state index in [0.717, 1.165) is 5.56 Å². The van der Waals surface area contributed by atoms with Gasteiger partial charge in [-0.2, -0.15) is 0 Å². The molecule has 3 rings (SSSR count). The van der Waals surface area contributed by atoms with E-state index in [9.17, 15) is 4.79 Å². The first kappa shape index (κ1) is 13.5. The van der Waals surface area contributed by atoms with Gasteiger partial charge in [-0.05, 0) is 0 Å². The summed E-state index contributed by atoms with van der Waals surface area (Å²) in [6.45, 7) is 4.15. The van der Waals surface area contributed by atoms with Gasteiger partial charge in [-0.25, -0.2) is 0 Å². The predicted molar refractivity (Wildman–Crippen MR) is 69.8 cm³/mol. The zero-order valence-corrected chi connectivity index (χ0v) is 11.2. The summed E-state index contributed by atoms with van der Waals surface area (Å²) in [5, 5.41) is 0. The highest BCUT2D eigenvalue weighted by molar-refractivity contribution is 5.99. The minimum absolute atomic E-state index is 0.275. The van der Waals surface area contributed by atoms with Gasteiger partial charge in [0.2, 0.25) is 12.1 Å². The average molecular weight is 276 g/mol. The third-order valence-corrected chi connectivity index (χ3v) is 3.48. The largest absolute Gasteiger partial charge is 0.349 e. The Bertz CT molecular complexity index is 512. The van der Waals surface area contributed by atoms with Crippen LogP contribution in [0.15, 0.2) is 42.5 Å². The van der Waals surface area contributed by atoms with Crippen LogP contribution in [-0.4, -0.2) is 38.0 Å². The molecule has 2 aliphatic heterocycles. The van der Waals surface area contributed by atoms with Crippen LogP contribution in [0.5, 0.6) is 0 Å². The van der Waals surface area contributed by atoms with Gasteiger partial charge in [0.05, 0.1) is 6.61 Å². The first-order valence-corrected chi connectivity index (χ1v) is 6.44. The van der Waals surface area contributed by atoms with Crippen molar-refractivity contribution in [3.63, 3.8) is 0 Å². The summed E-state index contributed by atoms with van der Waals surface area (Å²) >= 11 is 0. The van der Waals surface area contributed by atoms with Gasteiger partial charge in [0.25, 0.3) is 0 Å². The summed E-state index contributed by atoms with van der Waals surface area (Å²) in [7, 11) is 1.42. The molecule has 2 fully saturated rings. The van der Waals surface area contributed by atoms with Crippen LogP contribution in [0.1, 0.15) is 11.9 Å². The van der Waals surface area contributed by atoms with Crippen molar-refractivity contribution in [1.82, 2.24) is 0 Å². The number of methoxy groups -OCH3 is 1. The van der Waals surface area contributed by atoms with Crippen LogP contribution >= 0.6 is 0 Å². The number of hydrogen-bond acceptors (Lipinski definition) is 5. The Morgan fingerprint density at radius 2 is 2.00 bits per heavy atom. The van der Waals surface area contributed by atoms with E-state index in [1.54, 1.807) is 0 Å². The summed E-state index contributed by atoms with van der Waals surface area (Å²) in [4.78, 5) is 12.0. The predicted octanol–water partition coefficient (Wildman–Crippen LogP) is 1.60. The Morgan fingerprint density at radius 1 is 1.25 bits per heavy atom. The molecule has 5 heteroatoms. The Balaban J connectivity index is 1.78. The van der Waals surface area contributed by atoms with E-state index < -0.39 is 18.7 Å². The van der Waals surface area contributed by atoms with E-state index in [2.05, 4.69) is 6.58 Å². The van der Waals surface area contributed by atoms with E-state index in [0.29, 0.717) is 12.2 Å². The van der Waals surface area contributed by atoms with Crippen LogP contribution in [0.2, 0.25) is 0 Å². The fourth-order valence-electron chi connectivity index (χ4n) is 2.41. The smallest absolute Gasteiger partial charge is 0.222 e. The molecule has 1 unspecified atom stereocenters. The van der Waals surface area contributed by atoms with E-state index in [1.807, 2.05) is 30.3 Å². The molecule has 0 radical (unpaired) electrons. The van der Waals surface area contributed by atoms with Crippen molar-refractivity contribution >= 4 is 5.78 Å². The van der Waals surface area contributed by atoms with Crippen LogP contribution in [0.3, 0.4) is 0 Å². The van der Waals surface area contributed by atoms with Gasteiger partial charge in [-0.3, -0.25) is 4.79 Å². The molecule has 0 saturated carbocycles. The summed E-state index contributed by atoms with van der Waals surface area (Å²) in [6, 6.07) is 9.57. The molecule has 5 nitrogen and oxygen atoms in total. The second-order valence-corrected chi connectivity index (χ2v) is 4.76. The summed E-state index contributed by atoms with van der Waals surface area (Å²) < 4.78 is 22.0. The zero-order chi connectivity index (χ0) is 14.1. The first-order chi connectivity index (χ1) is 9.70. The number of ether oxygens (including phenoxy) is 4. The molecule has 2 heterocycles. The Hall–Kier alpha value is -1.53. The Kier molecular flexibility index (Phi) is 3.67. The van der Waals surface area contributed by atoms with Gasteiger partial charge < -0.3 is 18.9 Å². The lowest BCUT2D eigenvalue weighted by Gasteiger charge is -2.41. The van der Waals surface area contributed by atoms with E-state index >= 15 is 0 Å². The standard InChI is InChI=1S/C15H16O5/c1-9-12(16)15(17-2)19-11-8-18-14(20-13(9)11)10-6-4-3-5-7-10/h3-7,11,13-15H,1,8H2,2H3/t11-,13+,14?,15+/m1/s1. The highest BCUT2D eigenvalue weighted by Crippen LogP contribution is 2.34. The first-order valence-electron chi connectivity index (χ1n) is 6.44. The number of hydrogen-bond donors (Lipinski definition) is 0. The molecule has 2 saturated heterocycles. The number of rotatable bonds is 2. The number of carbonyl (C=O) groups is 1. The number of ketones is 1. The molecule has 2 aliphatic rings. The molecule has 0 aliphatic carbocycles. The second kappa shape index (κ2) is 5.46. The molecular weight excluding hydrogens is 260 g/mol. The summed E-state index contributed by atoms with van der Waals surface area (Å²) in [6.07, 6.45) is -2.29. The Morgan fingerprint density at radius 3 is 2.70 bits per heavy atom. The maximum Gasteiger partial charge on any atom is 0.222 e. The Labute approximate surface area is 117 Å². The minimum Gasteiger partial charge on any atom is -0.349 e. The quantitative estimate of drug-likeness (QED) is 0.768.